The average Bonchev–Trinajstić information content (AvgIpc) is 2.44. The number of fused-ring (bicyclic) bond motifs is 1. The zero-order valence-corrected chi connectivity index (χ0v) is 13.0. The molecule has 0 spiro atoms. The summed E-state index contributed by atoms with van der Waals surface area (Å²) in [6.45, 7) is 8.47. The number of para-hydroxylation sites is 1. The Morgan fingerprint density at radius 1 is 1.38 bits per heavy atom. The number of carbonyl (C=O) groups excluding carboxylic acids is 1. The van der Waals surface area contributed by atoms with Crippen LogP contribution in [0.1, 0.15) is 43.5 Å². The molecule has 2 rings (SSSR count). The van der Waals surface area contributed by atoms with Crippen molar-refractivity contribution in [1.82, 2.24) is 4.98 Å². The van der Waals surface area contributed by atoms with Crippen LogP contribution in [-0.2, 0) is 9.53 Å². The molecule has 2 aromatic rings. The molecule has 0 amide bonds. The molecular formula is C18H21NO2. The van der Waals surface area contributed by atoms with Crippen molar-refractivity contribution in [2.75, 3.05) is 6.61 Å². The number of pyridine rings is 1. The maximum Gasteiger partial charge on any atom is 0.330 e. The van der Waals surface area contributed by atoms with Crippen LogP contribution in [0.2, 0.25) is 0 Å². The minimum Gasteiger partial charge on any atom is -0.463 e. The van der Waals surface area contributed by atoms with Crippen molar-refractivity contribution < 1.29 is 9.53 Å². The van der Waals surface area contributed by atoms with E-state index >= 15 is 0 Å². The number of nitrogens with zero attached hydrogens (tertiary/aromatic N) is 1. The summed E-state index contributed by atoms with van der Waals surface area (Å²) in [4.78, 5) is 16.2. The van der Waals surface area contributed by atoms with Gasteiger partial charge in [0, 0.05) is 17.2 Å². The fourth-order valence-electron chi connectivity index (χ4n) is 2.38. The molecule has 110 valence electrons. The molecule has 0 atom stereocenters. The Kier molecular flexibility index (Phi) is 4.73. The van der Waals surface area contributed by atoms with Crippen LogP contribution >= 0.6 is 0 Å². The van der Waals surface area contributed by atoms with Crippen LogP contribution in [0.5, 0.6) is 0 Å². The highest BCUT2D eigenvalue weighted by atomic mass is 16.5. The molecule has 1 aromatic carbocycles. The van der Waals surface area contributed by atoms with E-state index in [4.69, 9.17) is 4.74 Å². The number of ether oxygens (including phenoxy) is 1. The van der Waals surface area contributed by atoms with Crippen molar-refractivity contribution in [2.45, 2.75) is 33.6 Å². The number of aryl methyl sites for hydroxylation is 1. The quantitative estimate of drug-likeness (QED) is 0.622. The summed E-state index contributed by atoms with van der Waals surface area (Å²) in [5, 5.41) is 1.06. The second-order valence-electron chi connectivity index (χ2n) is 5.34. The summed E-state index contributed by atoms with van der Waals surface area (Å²) < 4.78 is 4.93. The van der Waals surface area contributed by atoms with Gasteiger partial charge in [0.1, 0.15) is 0 Å². The second kappa shape index (κ2) is 6.53. The number of hydrogen-bond donors (Lipinski definition) is 0. The van der Waals surface area contributed by atoms with Gasteiger partial charge in [0.05, 0.1) is 12.1 Å². The van der Waals surface area contributed by atoms with Crippen LogP contribution in [0.3, 0.4) is 0 Å². The van der Waals surface area contributed by atoms with Gasteiger partial charge in [0.2, 0.25) is 0 Å². The minimum absolute atomic E-state index is 0.319. The van der Waals surface area contributed by atoms with Crippen molar-refractivity contribution in [2.24, 2.45) is 0 Å². The van der Waals surface area contributed by atoms with Crippen molar-refractivity contribution in [1.29, 1.82) is 0 Å². The van der Waals surface area contributed by atoms with E-state index in [9.17, 15) is 4.79 Å². The lowest BCUT2D eigenvalue weighted by atomic mass is 9.97. The molecule has 0 bridgehead atoms. The third-order valence-electron chi connectivity index (χ3n) is 3.34. The molecule has 0 fully saturated rings. The lowest BCUT2D eigenvalue weighted by Crippen LogP contribution is -1.99. The molecule has 3 nitrogen and oxygen atoms in total. The van der Waals surface area contributed by atoms with E-state index < -0.39 is 0 Å². The van der Waals surface area contributed by atoms with E-state index in [0.29, 0.717) is 12.5 Å². The Balaban J connectivity index is 2.54. The number of rotatable bonds is 4. The largest absolute Gasteiger partial charge is 0.463 e. The molecule has 1 heterocycles. The molecule has 0 N–H and O–H groups in total. The molecule has 21 heavy (non-hydrogen) atoms. The van der Waals surface area contributed by atoms with Crippen LogP contribution in [0.4, 0.5) is 0 Å². The molecule has 1 aromatic heterocycles. The SMILES string of the molecule is CCOC(=O)/C=C/c1cc(C)nc2c(C(C)C)cccc12. The van der Waals surface area contributed by atoms with E-state index in [0.717, 1.165) is 22.2 Å². The van der Waals surface area contributed by atoms with Crippen LogP contribution in [0.25, 0.3) is 17.0 Å². The number of hydrogen-bond acceptors (Lipinski definition) is 3. The van der Waals surface area contributed by atoms with Gasteiger partial charge in [-0.1, -0.05) is 32.0 Å². The maximum absolute atomic E-state index is 11.5. The number of aromatic nitrogens is 1. The highest BCUT2D eigenvalue weighted by molar-refractivity contribution is 5.94. The van der Waals surface area contributed by atoms with Gasteiger partial charge in [0.15, 0.2) is 0 Å². The Hall–Kier alpha value is -2.16. The topological polar surface area (TPSA) is 39.2 Å². The molecule has 0 aliphatic carbocycles. The molecular weight excluding hydrogens is 262 g/mol. The molecule has 0 saturated carbocycles. The Morgan fingerprint density at radius 3 is 2.81 bits per heavy atom. The Morgan fingerprint density at radius 2 is 2.14 bits per heavy atom. The van der Waals surface area contributed by atoms with Crippen LogP contribution in [0.15, 0.2) is 30.3 Å². The van der Waals surface area contributed by atoms with Gasteiger partial charge in [0.25, 0.3) is 0 Å². The predicted molar refractivity (Wildman–Crippen MR) is 86.2 cm³/mol. The fourth-order valence-corrected chi connectivity index (χ4v) is 2.38. The number of esters is 1. The summed E-state index contributed by atoms with van der Waals surface area (Å²) in [6.07, 6.45) is 3.28. The van der Waals surface area contributed by atoms with Gasteiger partial charge in [-0.3, -0.25) is 4.98 Å². The van der Waals surface area contributed by atoms with Gasteiger partial charge >= 0.3 is 5.97 Å². The normalized spacial score (nSPS) is 11.5. The fraction of sp³-hybridized carbons (Fsp3) is 0.333. The number of carbonyl (C=O) groups is 1. The highest BCUT2D eigenvalue weighted by Gasteiger charge is 2.09. The Labute approximate surface area is 125 Å². The molecule has 0 aliphatic heterocycles. The first-order valence-corrected chi connectivity index (χ1v) is 7.28. The van der Waals surface area contributed by atoms with E-state index in [1.165, 1.54) is 11.6 Å². The summed E-state index contributed by atoms with van der Waals surface area (Å²) in [6, 6.07) is 8.18. The zero-order chi connectivity index (χ0) is 15.4. The predicted octanol–water partition coefficient (Wildman–Crippen LogP) is 4.24. The van der Waals surface area contributed by atoms with Gasteiger partial charge in [-0.15, -0.1) is 0 Å². The van der Waals surface area contributed by atoms with Crippen LogP contribution in [-0.4, -0.2) is 17.6 Å². The van der Waals surface area contributed by atoms with Crippen LogP contribution < -0.4 is 0 Å². The summed E-state index contributed by atoms with van der Waals surface area (Å²) in [5.41, 5.74) is 4.17. The van der Waals surface area contributed by atoms with Crippen molar-refractivity contribution >= 4 is 22.9 Å². The molecule has 0 unspecified atom stereocenters. The summed E-state index contributed by atoms with van der Waals surface area (Å²) in [5.74, 6) is 0.0880. The van der Waals surface area contributed by atoms with Gasteiger partial charge in [-0.05, 0) is 43.0 Å². The lowest BCUT2D eigenvalue weighted by Gasteiger charge is -2.11. The third-order valence-corrected chi connectivity index (χ3v) is 3.34. The van der Waals surface area contributed by atoms with E-state index in [2.05, 4.69) is 24.9 Å². The van der Waals surface area contributed by atoms with Gasteiger partial charge < -0.3 is 4.74 Å². The van der Waals surface area contributed by atoms with E-state index in [1.807, 2.05) is 25.1 Å². The van der Waals surface area contributed by atoms with Crippen LogP contribution in [0, 0.1) is 6.92 Å². The summed E-state index contributed by atoms with van der Waals surface area (Å²) in [7, 11) is 0. The van der Waals surface area contributed by atoms with Crippen molar-refractivity contribution in [3.05, 3.63) is 47.2 Å². The first-order valence-electron chi connectivity index (χ1n) is 7.28. The smallest absolute Gasteiger partial charge is 0.330 e. The molecule has 0 aliphatic rings. The average molecular weight is 283 g/mol. The van der Waals surface area contributed by atoms with Crippen molar-refractivity contribution in [3.8, 4) is 0 Å². The van der Waals surface area contributed by atoms with E-state index in [1.54, 1.807) is 13.0 Å². The monoisotopic (exact) mass is 283 g/mol. The lowest BCUT2D eigenvalue weighted by molar-refractivity contribution is -0.137. The second-order valence-corrected chi connectivity index (χ2v) is 5.34. The first-order chi connectivity index (χ1) is 10.0. The summed E-state index contributed by atoms with van der Waals surface area (Å²) >= 11 is 0. The Bertz CT molecular complexity index is 687. The van der Waals surface area contributed by atoms with Gasteiger partial charge in [-0.25, -0.2) is 4.79 Å². The number of benzene rings is 1. The van der Waals surface area contributed by atoms with E-state index in [-0.39, 0.29) is 5.97 Å². The standard InChI is InChI=1S/C18H21NO2/c1-5-21-17(20)10-9-14-11-13(4)19-18-15(12(2)3)7-6-8-16(14)18/h6-12H,5H2,1-4H3/b10-9+. The maximum atomic E-state index is 11.5. The third kappa shape index (κ3) is 3.48. The van der Waals surface area contributed by atoms with Crippen molar-refractivity contribution in [3.63, 3.8) is 0 Å². The molecule has 0 saturated heterocycles. The minimum atomic E-state index is -0.319. The van der Waals surface area contributed by atoms with Gasteiger partial charge in [-0.2, -0.15) is 0 Å². The molecule has 0 radical (unpaired) electrons. The first kappa shape index (κ1) is 15.2. The zero-order valence-electron chi connectivity index (χ0n) is 13.0. The highest BCUT2D eigenvalue weighted by Crippen LogP contribution is 2.27. The molecule has 3 heteroatoms.